The van der Waals surface area contributed by atoms with Gasteiger partial charge < -0.3 is 0 Å². The van der Waals surface area contributed by atoms with Crippen LogP contribution in [0.4, 0.5) is 0 Å². The van der Waals surface area contributed by atoms with Gasteiger partial charge in [-0.15, -0.1) is 11.3 Å². The van der Waals surface area contributed by atoms with Gasteiger partial charge in [-0.25, -0.2) is 0 Å². The SMILES string of the molecule is N#C/C(=C(/Cl)c1sccc1Cl)c1ccncc1. The van der Waals surface area contributed by atoms with Crippen LogP contribution in [0.15, 0.2) is 36.0 Å². The minimum absolute atomic E-state index is 0.374. The molecule has 0 saturated heterocycles. The lowest BCUT2D eigenvalue weighted by Crippen LogP contribution is -1.85. The topological polar surface area (TPSA) is 36.7 Å². The largest absolute Gasteiger partial charge is 0.265 e. The zero-order valence-electron chi connectivity index (χ0n) is 8.52. The van der Waals surface area contributed by atoms with Crippen LogP contribution >= 0.6 is 34.5 Å². The van der Waals surface area contributed by atoms with E-state index >= 15 is 0 Å². The number of pyridine rings is 1. The molecule has 0 amide bonds. The molecular formula is C12H6Cl2N2S. The number of hydrogen-bond acceptors (Lipinski definition) is 3. The number of rotatable bonds is 2. The second-order valence-electron chi connectivity index (χ2n) is 3.13. The minimum Gasteiger partial charge on any atom is -0.265 e. The minimum atomic E-state index is 0.374. The molecule has 0 atom stereocenters. The van der Waals surface area contributed by atoms with Crippen molar-refractivity contribution in [3.63, 3.8) is 0 Å². The van der Waals surface area contributed by atoms with Crippen LogP contribution in [-0.2, 0) is 0 Å². The molecule has 0 saturated carbocycles. The first-order chi connectivity index (χ1) is 8.24. The Morgan fingerprint density at radius 1 is 1.29 bits per heavy atom. The lowest BCUT2D eigenvalue weighted by Gasteiger charge is -2.02. The Labute approximate surface area is 113 Å². The van der Waals surface area contributed by atoms with Crippen LogP contribution in [0.2, 0.25) is 5.02 Å². The first-order valence-corrected chi connectivity index (χ1v) is 6.31. The maximum absolute atomic E-state index is 9.19. The van der Waals surface area contributed by atoms with Crippen molar-refractivity contribution in [2.75, 3.05) is 0 Å². The third kappa shape index (κ3) is 2.50. The molecule has 2 heterocycles. The third-order valence-corrected chi connectivity index (χ3v) is 3.97. The van der Waals surface area contributed by atoms with E-state index in [1.807, 2.05) is 5.38 Å². The molecule has 2 aromatic heterocycles. The van der Waals surface area contributed by atoms with Crippen molar-refractivity contribution >= 4 is 45.1 Å². The Morgan fingerprint density at radius 2 is 2.00 bits per heavy atom. The molecule has 0 radical (unpaired) electrons. The maximum atomic E-state index is 9.19. The zero-order chi connectivity index (χ0) is 12.3. The molecular weight excluding hydrogens is 275 g/mol. The molecule has 0 fully saturated rings. The van der Waals surface area contributed by atoms with Gasteiger partial charge in [-0.05, 0) is 29.1 Å². The lowest BCUT2D eigenvalue weighted by atomic mass is 10.1. The molecule has 2 aromatic rings. The van der Waals surface area contributed by atoms with E-state index in [2.05, 4.69) is 11.1 Å². The fourth-order valence-electron chi connectivity index (χ4n) is 1.32. The number of aromatic nitrogens is 1. The quantitative estimate of drug-likeness (QED) is 0.763. The van der Waals surface area contributed by atoms with Crippen LogP contribution in [0.5, 0.6) is 0 Å². The van der Waals surface area contributed by atoms with Crippen molar-refractivity contribution < 1.29 is 0 Å². The lowest BCUT2D eigenvalue weighted by molar-refractivity contribution is 1.32. The van der Waals surface area contributed by atoms with Gasteiger partial charge in [0.2, 0.25) is 0 Å². The van der Waals surface area contributed by atoms with Crippen LogP contribution in [0.25, 0.3) is 10.6 Å². The molecule has 84 valence electrons. The molecule has 2 nitrogen and oxygen atoms in total. The highest BCUT2D eigenvalue weighted by Gasteiger charge is 2.13. The Morgan fingerprint density at radius 3 is 2.53 bits per heavy atom. The molecule has 0 unspecified atom stereocenters. The van der Waals surface area contributed by atoms with E-state index in [1.54, 1.807) is 30.6 Å². The Kier molecular flexibility index (Phi) is 3.80. The van der Waals surface area contributed by atoms with Gasteiger partial charge in [0.05, 0.1) is 20.5 Å². The summed E-state index contributed by atoms with van der Waals surface area (Å²) in [7, 11) is 0. The number of halogens is 2. The van der Waals surface area contributed by atoms with Gasteiger partial charge in [-0.2, -0.15) is 5.26 Å². The van der Waals surface area contributed by atoms with Gasteiger partial charge in [-0.1, -0.05) is 23.2 Å². The summed E-state index contributed by atoms with van der Waals surface area (Å²) < 4.78 is 0. The Bertz CT molecular complexity index is 596. The summed E-state index contributed by atoms with van der Waals surface area (Å²) in [4.78, 5) is 4.61. The molecule has 0 aliphatic carbocycles. The number of hydrogen-bond donors (Lipinski definition) is 0. The number of nitrogens with zero attached hydrogens (tertiary/aromatic N) is 2. The normalized spacial score (nSPS) is 11.8. The highest BCUT2D eigenvalue weighted by molar-refractivity contribution is 7.12. The van der Waals surface area contributed by atoms with Gasteiger partial charge in [0.25, 0.3) is 0 Å². The molecule has 5 heteroatoms. The first kappa shape index (κ1) is 12.1. The summed E-state index contributed by atoms with van der Waals surface area (Å²) >= 11 is 13.6. The second-order valence-corrected chi connectivity index (χ2v) is 4.84. The summed E-state index contributed by atoms with van der Waals surface area (Å²) in [5.74, 6) is 0. The molecule has 0 spiro atoms. The van der Waals surface area contributed by atoms with Gasteiger partial charge in [0.1, 0.15) is 6.07 Å². The Balaban J connectivity index is 2.57. The summed E-state index contributed by atoms with van der Waals surface area (Å²) in [6.07, 6.45) is 3.24. The molecule has 17 heavy (non-hydrogen) atoms. The van der Waals surface area contributed by atoms with Crippen LogP contribution in [0, 0.1) is 11.3 Å². The molecule has 0 aromatic carbocycles. The van der Waals surface area contributed by atoms with Crippen molar-refractivity contribution in [1.82, 2.24) is 4.98 Å². The summed E-state index contributed by atoms with van der Waals surface area (Å²) in [5.41, 5.74) is 1.13. The van der Waals surface area contributed by atoms with Gasteiger partial charge in [0.15, 0.2) is 0 Å². The second kappa shape index (κ2) is 5.33. The van der Waals surface area contributed by atoms with E-state index in [0.717, 1.165) is 5.56 Å². The Hall–Kier alpha value is -1.34. The van der Waals surface area contributed by atoms with Crippen molar-refractivity contribution in [2.24, 2.45) is 0 Å². The summed E-state index contributed by atoms with van der Waals surface area (Å²) in [6.45, 7) is 0. The van der Waals surface area contributed by atoms with Crippen LogP contribution < -0.4 is 0 Å². The predicted octanol–water partition coefficient (Wildman–Crippen LogP) is 4.43. The summed E-state index contributed by atoms with van der Waals surface area (Å²) in [5, 5.41) is 12.0. The van der Waals surface area contributed by atoms with Crippen molar-refractivity contribution in [1.29, 1.82) is 5.26 Å². The van der Waals surface area contributed by atoms with E-state index < -0.39 is 0 Å². The molecule has 0 bridgehead atoms. The number of allylic oxidation sites excluding steroid dienone is 1. The highest BCUT2D eigenvalue weighted by atomic mass is 35.5. The predicted molar refractivity (Wildman–Crippen MR) is 71.8 cm³/mol. The first-order valence-electron chi connectivity index (χ1n) is 4.67. The van der Waals surface area contributed by atoms with Crippen LogP contribution in [0.3, 0.4) is 0 Å². The average Bonchev–Trinajstić information content (AvgIpc) is 2.77. The van der Waals surface area contributed by atoms with Crippen LogP contribution in [0.1, 0.15) is 10.4 Å². The van der Waals surface area contributed by atoms with Crippen molar-refractivity contribution in [3.05, 3.63) is 51.4 Å². The third-order valence-electron chi connectivity index (χ3n) is 2.12. The number of thiophene rings is 1. The molecule has 0 N–H and O–H groups in total. The van der Waals surface area contributed by atoms with Crippen molar-refractivity contribution in [2.45, 2.75) is 0 Å². The maximum Gasteiger partial charge on any atom is 0.101 e. The van der Waals surface area contributed by atoms with Gasteiger partial charge in [0, 0.05) is 12.4 Å². The van der Waals surface area contributed by atoms with E-state index in [0.29, 0.717) is 20.5 Å². The van der Waals surface area contributed by atoms with E-state index in [9.17, 15) is 5.26 Å². The smallest absolute Gasteiger partial charge is 0.101 e. The fraction of sp³-hybridized carbons (Fsp3) is 0. The van der Waals surface area contributed by atoms with Crippen molar-refractivity contribution in [3.8, 4) is 6.07 Å². The highest BCUT2D eigenvalue weighted by Crippen LogP contribution is 2.36. The molecule has 2 rings (SSSR count). The molecule has 0 aliphatic heterocycles. The average molecular weight is 281 g/mol. The monoisotopic (exact) mass is 280 g/mol. The van der Waals surface area contributed by atoms with E-state index in [1.165, 1.54) is 11.3 Å². The molecule has 0 aliphatic rings. The zero-order valence-corrected chi connectivity index (χ0v) is 10.9. The van der Waals surface area contributed by atoms with E-state index in [-0.39, 0.29) is 0 Å². The van der Waals surface area contributed by atoms with Gasteiger partial charge in [-0.3, -0.25) is 4.98 Å². The fourth-order valence-corrected chi connectivity index (χ4v) is 2.85. The van der Waals surface area contributed by atoms with Crippen LogP contribution in [-0.4, -0.2) is 4.98 Å². The van der Waals surface area contributed by atoms with E-state index in [4.69, 9.17) is 23.2 Å². The standard InChI is InChI=1S/C12H6Cl2N2S/c13-10-3-6-17-12(10)11(14)9(7-15)8-1-4-16-5-2-8/h1-6H/b11-9-. The van der Waals surface area contributed by atoms with Gasteiger partial charge >= 0.3 is 0 Å². The summed E-state index contributed by atoms with van der Waals surface area (Å²) in [6, 6.07) is 7.33. The number of nitriles is 1.